The van der Waals surface area contributed by atoms with E-state index in [0.29, 0.717) is 4.90 Å². The Balaban J connectivity index is 1.73. The molecule has 1 aromatic carbocycles. The van der Waals surface area contributed by atoms with Gasteiger partial charge in [0.2, 0.25) is 6.35 Å². The first-order chi connectivity index (χ1) is 23.6. The maximum atomic E-state index is 16.2. The first-order valence-electron chi connectivity index (χ1n) is 15.5. The van der Waals surface area contributed by atoms with E-state index in [2.05, 4.69) is 10.1 Å². The van der Waals surface area contributed by atoms with Gasteiger partial charge in [-0.15, -0.1) is 0 Å². The van der Waals surface area contributed by atoms with Gasteiger partial charge in [-0.25, -0.2) is 14.0 Å². The number of nitrogens with zero attached hydrogens (tertiary/aromatic N) is 3. The standard InChI is InChI=1S/C30H44FN4O14P/c1-18(2)47-25(38)19(3)35(50(42)49-20-10-8-7-9-11-20)46-16-22-24(37)30(4,31)27(48-22)33-14-12-23(36)34(29(33)41)17-45-26(39)21(13-15-43-5)32-28(40)44-6/h7-12,14,18-19,21-22,24,27,29,37,41,50H,13,15-17H2,1-6H3,(H,32,40)/t19-,21+,22+,24+,27+,29?,30+/m0/s1. The number of para-hydroxylation sites is 1. The Kier molecular flexibility index (Phi) is 14.9. The van der Waals surface area contributed by atoms with Gasteiger partial charge in [0.1, 0.15) is 30.0 Å². The lowest BCUT2D eigenvalue weighted by Gasteiger charge is -2.42. The molecule has 3 rings (SSSR count). The van der Waals surface area contributed by atoms with Crippen LogP contribution in [0.5, 0.6) is 5.75 Å². The molecule has 2 aliphatic heterocycles. The molecule has 0 aromatic heterocycles. The summed E-state index contributed by atoms with van der Waals surface area (Å²) in [4.78, 5) is 57.7. The number of amides is 2. The molecule has 1 saturated heterocycles. The second-order valence-electron chi connectivity index (χ2n) is 11.6. The summed E-state index contributed by atoms with van der Waals surface area (Å²) < 4.78 is 60.5. The monoisotopic (exact) mass is 734 g/mol. The summed E-state index contributed by atoms with van der Waals surface area (Å²) in [6.45, 7) is 4.17. The number of alkyl halides is 1. The normalized spacial score (nSPS) is 25.3. The average molecular weight is 735 g/mol. The largest absolute Gasteiger partial charge is 0.462 e. The highest BCUT2D eigenvalue weighted by Gasteiger charge is 2.58. The van der Waals surface area contributed by atoms with Crippen molar-refractivity contribution in [1.82, 2.24) is 20.0 Å². The highest BCUT2D eigenvalue weighted by atomic mass is 31.1. The number of aliphatic hydroxyl groups excluding tert-OH is 2. The van der Waals surface area contributed by atoms with Gasteiger partial charge in [0, 0.05) is 32.4 Å². The number of aliphatic hydroxyl groups is 2. The topological polar surface area (TPSA) is 212 Å². The molecule has 280 valence electrons. The van der Waals surface area contributed by atoms with Crippen LogP contribution in [-0.4, -0.2) is 132 Å². The van der Waals surface area contributed by atoms with Crippen molar-refractivity contribution in [1.29, 1.82) is 0 Å². The number of benzene rings is 1. The molecule has 0 spiro atoms. The molecule has 0 bridgehead atoms. The molecule has 3 N–H and O–H groups in total. The Morgan fingerprint density at radius 1 is 1.14 bits per heavy atom. The molecule has 8 atom stereocenters. The molecular weight excluding hydrogens is 690 g/mol. The van der Waals surface area contributed by atoms with Crippen LogP contribution in [0.1, 0.15) is 34.1 Å². The van der Waals surface area contributed by atoms with Gasteiger partial charge in [0.25, 0.3) is 5.91 Å². The Bertz CT molecular complexity index is 1370. The van der Waals surface area contributed by atoms with Gasteiger partial charge >= 0.3 is 26.2 Å². The molecule has 2 aliphatic rings. The maximum absolute atomic E-state index is 16.2. The third-order valence-corrected chi connectivity index (χ3v) is 8.76. The van der Waals surface area contributed by atoms with Crippen LogP contribution in [0.4, 0.5) is 9.18 Å². The second kappa shape index (κ2) is 18.4. The highest BCUT2D eigenvalue weighted by molar-refractivity contribution is 7.36. The fraction of sp³-hybridized carbons (Fsp3) is 0.600. The molecule has 2 amide bonds. The van der Waals surface area contributed by atoms with Crippen LogP contribution in [0.3, 0.4) is 0 Å². The van der Waals surface area contributed by atoms with Crippen molar-refractivity contribution in [2.24, 2.45) is 0 Å². The third kappa shape index (κ3) is 10.3. The van der Waals surface area contributed by atoms with E-state index in [-0.39, 0.29) is 18.8 Å². The van der Waals surface area contributed by atoms with Crippen LogP contribution in [-0.2, 0) is 47.5 Å². The van der Waals surface area contributed by atoms with Crippen LogP contribution in [0.2, 0.25) is 0 Å². The first-order valence-corrected chi connectivity index (χ1v) is 16.7. The Morgan fingerprint density at radius 2 is 1.82 bits per heavy atom. The summed E-state index contributed by atoms with van der Waals surface area (Å²) >= 11 is 0. The van der Waals surface area contributed by atoms with Crippen LogP contribution in [0.15, 0.2) is 42.6 Å². The molecule has 50 heavy (non-hydrogen) atoms. The predicted octanol–water partition coefficient (Wildman–Crippen LogP) is 1.04. The number of alkyl carbamates (subject to hydrolysis) is 1. The van der Waals surface area contributed by atoms with Crippen molar-refractivity contribution in [3.63, 3.8) is 0 Å². The number of halogens is 1. The highest BCUT2D eigenvalue weighted by Crippen LogP contribution is 2.40. The zero-order chi connectivity index (χ0) is 37.2. The number of carbonyl (C=O) groups is 4. The summed E-state index contributed by atoms with van der Waals surface area (Å²) in [5, 5.41) is 24.3. The quantitative estimate of drug-likeness (QED) is 0.0883. The van der Waals surface area contributed by atoms with Crippen molar-refractivity contribution >= 4 is 32.1 Å². The third-order valence-electron chi connectivity index (χ3n) is 7.48. The molecule has 2 unspecified atom stereocenters. The fourth-order valence-electron chi connectivity index (χ4n) is 4.76. The first kappa shape index (κ1) is 40.6. The number of hydrogen-bond donors (Lipinski definition) is 3. The Morgan fingerprint density at radius 3 is 2.44 bits per heavy atom. The molecule has 0 radical (unpaired) electrons. The molecule has 0 saturated carbocycles. The van der Waals surface area contributed by atoms with Gasteiger partial charge < -0.3 is 48.6 Å². The summed E-state index contributed by atoms with van der Waals surface area (Å²) in [6.07, 6.45) is -6.53. The SMILES string of the molecule is COCC[C@@H](NC(=O)OC)C(=O)OCN1C(=O)C=CN([C@@H]2O[C@H](CON([C@@H](C)C(=O)OC(C)C)[PH](=O)Oc3ccccc3)[C@@H](O)[C@@]2(C)F)C1O. The number of esters is 2. The van der Waals surface area contributed by atoms with E-state index in [1.54, 1.807) is 32.0 Å². The van der Waals surface area contributed by atoms with Gasteiger partial charge in [-0.3, -0.25) is 23.9 Å². The molecule has 2 heterocycles. The Hall–Kier alpha value is -3.84. The van der Waals surface area contributed by atoms with Gasteiger partial charge in [0.15, 0.2) is 18.6 Å². The van der Waals surface area contributed by atoms with Crippen LogP contribution >= 0.6 is 8.18 Å². The lowest BCUT2D eigenvalue weighted by atomic mass is 9.98. The minimum atomic E-state index is -3.34. The number of ether oxygens (including phenoxy) is 5. The van der Waals surface area contributed by atoms with E-state index in [1.165, 1.54) is 26.2 Å². The molecular formula is C30H44FN4O14P. The summed E-state index contributed by atoms with van der Waals surface area (Å²) in [5.41, 5.74) is -2.61. The molecule has 18 nitrogen and oxygen atoms in total. The van der Waals surface area contributed by atoms with Gasteiger partial charge in [0.05, 0.1) is 19.8 Å². The summed E-state index contributed by atoms with van der Waals surface area (Å²) in [7, 11) is -0.865. The van der Waals surface area contributed by atoms with Crippen molar-refractivity contribution in [2.75, 3.05) is 34.2 Å². The van der Waals surface area contributed by atoms with E-state index in [4.69, 9.17) is 28.3 Å². The average Bonchev–Trinajstić information content (AvgIpc) is 3.29. The van der Waals surface area contributed by atoms with Crippen molar-refractivity contribution in [3.8, 4) is 5.75 Å². The number of nitrogens with one attached hydrogen (secondary N) is 1. The maximum Gasteiger partial charge on any atom is 0.407 e. The molecule has 20 heteroatoms. The number of hydrogen-bond acceptors (Lipinski definition) is 15. The van der Waals surface area contributed by atoms with Crippen molar-refractivity contribution < 1.29 is 71.4 Å². The number of carbonyl (C=O) groups excluding carboxylic acids is 4. The zero-order valence-corrected chi connectivity index (χ0v) is 29.4. The number of rotatable bonds is 17. The van der Waals surface area contributed by atoms with E-state index >= 15 is 4.39 Å². The van der Waals surface area contributed by atoms with E-state index in [0.717, 1.165) is 36.0 Å². The van der Waals surface area contributed by atoms with Crippen LogP contribution in [0.25, 0.3) is 0 Å². The van der Waals surface area contributed by atoms with Crippen molar-refractivity contribution in [2.45, 2.75) is 82.8 Å². The van der Waals surface area contributed by atoms with E-state index in [9.17, 15) is 34.0 Å². The van der Waals surface area contributed by atoms with Crippen molar-refractivity contribution in [3.05, 3.63) is 42.6 Å². The molecule has 1 aromatic rings. The predicted molar refractivity (Wildman–Crippen MR) is 169 cm³/mol. The Labute approximate surface area is 288 Å². The lowest BCUT2D eigenvalue weighted by molar-refractivity contribution is -0.215. The van der Waals surface area contributed by atoms with Crippen LogP contribution < -0.4 is 9.84 Å². The summed E-state index contributed by atoms with van der Waals surface area (Å²) in [5.74, 6) is -2.39. The second-order valence-corrected chi connectivity index (χ2v) is 12.7. The van der Waals surface area contributed by atoms with Gasteiger partial charge in [-0.1, -0.05) is 23.0 Å². The van der Waals surface area contributed by atoms with E-state index < -0.39 is 94.1 Å². The van der Waals surface area contributed by atoms with E-state index in [1.807, 2.05) is 0 Å². The van der Waals surface area contributed by atoms with Crippen LogP contribution in [0, 0.1) is 0 Å². The van der Waals surface area contributed by atoms with Gasteiger partial charge in [-0.2, -0.15) is 0 Å². The lowest BCUT2D eigenvalue weighted by Crippen LogP contribution is -2.60. The molecule has 1 fully saturated rings. The zero-order valence-electron chi connectivity index (χ0n) is 28.4. The fourth-order valence-corrected chi connectivity index (χ4v) is 5.79. The smallest absolute Gasteiger partial charge is 0.407 e. The minimum absolute atomic E-state index is 0.00710. The molecule has 0 aliphatic carbocycles. The summed E-state index contributed by atoms with van der Waals surface area (Å²) in [6, 6.07) is 5.56. The number of methoxy groups -OCH3 is 2. The number of hydroxylamine groups is 1. The van der Waals surface area contributed by atoms with Gasteiger partial charge in [-0.05, 0) is 39.8 Å². The minimum Gasteiger partial charge on any atom is -0.462 e.